The molecule has 1 saturated heterocycles. The second-order valence-corrected chi connectivity index (χ2v) is 6.49. The predicted octanol–water partition coefficient (Wildman–Crippen LogP) is 2.86. The lowest BCUT2D eigenvalue weighted by molar-refractivity contribution is 0.0446. The molecule has 0 aromatic heterocycles. The second kappa shape index (κ2) is 9.73. The van der Waals surface area contributed by atoms with Crippen LogP contribution in [0.1, 0.15) is 47.0 Å². The Kier molecular flexibility index (Phi) is 8.67. The van der Waals surface area contributed by atoms with Crippen LogP contribution in [0.2, 0.25) is 0 Å². The van der Waals surface area contributed by atoms with E-state index in [-0.39, 0.29) is 0 Å². The zero-order valence-corrected chi connectivity index (χ0v) is 13.5. The summed E-state index contributed by atoms with van der Waals surface area (Å²) in [4.78, 5) is 5.16. The topological polar surface area (TPSA) is 15.7 Å². The van der Waals surface area contributed by atoms with Crippen molar-refractivity contribution >= 4 is 0 Å². The van der Waals surface area contributed by atoms with Gasteiger partial charge in [0.25, 0.3) is 0 Å². The molecule has 0 radical (unpaired) electrons. The molecular weight excluding hydrogens is 236 g/mol. The molecule has 3 nitrogen and oxygen atoms in total. The smallest absolute Gasteiger partial charge is 0.0596 e. The molecule has 0 aromatic rings. The number of piperazine rings is 1. The van der Waals surface area contributed by atoms with E-state index in [1.54, 1.807) is 0 Å². The van der Waals surface area contributed by atoms with Gasteiger partial charge in [-0.25, -0.2) is 0 Å². The Morgan fingerprint density at radius 3 is 1.95 bits per heavy atom. The van der Waals surface area contributed by atoms with Crippen LogP contribution in [0, 0.1) is 5.92 Å². The van der Waals surface area contributed by atoms with Crippen LogP contribution >= 0.6 is 0 Å². The fourth-order valence-electron chi connectivity index (χ4n) is 2.54. The lowest BCUT2D eigenvalue weighted by Gasteiger charge is -2.34. The van der Waals surface area contributed by atoms with E-state index in [9.17, 15) is 0 Å². The minimum absolute atomic E-state index is 0.363. The molecule has 1 fully saturated rings. The van der Waals surface area contributed by atoms with Gasteiger partial charge in [-0.3, -0.25) is 4.90 Å². The molecule has 0 saturated carbocycles. The van der Waals surface area contributed by atoms with Crippen molar-refractivity contribution in [3.8, 4) is 0 Å². The highest BCUT2D eigenvalue weighted by atomic mass is 16.5. The average Bonchev–Trinajstić information content (AvgIpc) is 2.36. The van der Waals surface area contributed by atoms with Gasteiger partial charge in [0.05, 0.1) is 12.7 Å². The highest BCUT2D eigenvalue weighted by Crippen LogP contribution is 2.08. The lowest BCUT2D eigenvalue weighted by atomic mass is 10.1. The third-order valence-corrected chi connectivity index (χ3v) is 3.83. The summed E-state index contributed by atoms with van der Waals surface area (Å²) in [5, 5.41) is 0. The quantitative estimate of drug-likeness (QED) is 0.599. The average molecular weight is 270 g/mol. The van der Waals surface area contributed by atoms with E-state index < -0.39 is 0 Å². The van der Waals surface area contributed by atoms with Gasteiger partial charge in [0.2, 0.25) is 0 Å². The van der Waals surface area contributed by atoms with Gasteiger partial charge in [-0.1, -0.05) is 26.7 Å². The molecule has 0 N–H and O–H groups in total. The van der Waals surface area contributed by atoms with E-state index >= 15 is 0 Å². The second-order valence-electron chi connectivity index (χ2n) is 6.49. The van der Waals surface area contributed by atoms with Crippen LogP contribution < -0.4 is 0 Å². The summed E-state index contributed by atoms with van der Waals surface area (Å²) >= 11 is 0. The third-order valence-electron chi connectivity index (χ3n) is 3.83. The van der Waals surface area contributed by atoms with Gasteiger partial charge in [0, 0.05) is 32.7 Å². The molecule has 19 heavy (non-hydrogen) atoms. The van der Waals surface area contributed by atoms with Crippen LogP contribution in [-0.2, 0) is 4.74 Å². The predicted molar refractivity (Wildman–Crippen MR) is 82.7 cm³/mol. The van der Waals surface area contributed by atoms with E-state index in [2.05, 4.69) is 37.5 Å². The Morgan fingerprint density at radius 1 is 0.842 bits per heavy atom. The fourth-order valence-corrected chi connectivity index (χ4v) is 2.54. The molecule has 0 bridgehead atoms. The van der Waals surface area contributed by atoms with Gasteiger partial charge in [0.15, 0.2) is 0 Å². The summed E-state index contributed by atoms with van der Waals surface area (Å²) in [6.07, 6.45) is 4.50. The first-order valence-corrected chi connectivity index (χ1v) is 8.14. The minimum atomic E-state index is 0.363. The van der Waals surface area contributed by atoms with Crippen LogP contribution in [0.4, 0.5) is 0 Å². The Bertz CT molecular complexity index is 211. The van der Waals surface area contributed by atoms with Gasteiger partial charge in [-0.2, -0.15) is 0 Å². The molecule has 3 heteroatoms. The van der Waals surface area contributed by atoms with E-state index in [4.69, 9.17) is 4.74 Å². The third kappa shape index (κ3) is 8.61. The maximum Gasteiger partial charge on any atom is 0.0596 e. The van der Waals surface area contributed by atoms with Gasteiger partial charge in [0.1, 0.15) is 0 Å². The SMILES string of the molecule is CC(C)CCCCN1CCN(CCOC(C)C)CC1. The molecule has 114 valence electrons. The van der Waals surface area contributed by atoms with Crippen molar-refractivity contribution in [3.63, 3.8) is 0 Å². The first-order chi connectivity index (χ1) is 9.08. The molecule has 0 aromatic carbocycles. The number of nitrogens with zero attached hydrogens (tertiary/aromatic N) is 2. The molecule has 1 rings (SSSR count). The van der Waals surface area contributed by atoms with Crippen molar-refractivity contribution in [2.45, 2.75) is 53.1 Å². The zero-order valence-electron chi connectivity index (χ0n) is 13.5. The van der Waals surface area contributed by atoms with Crippen LogP contribution in [0.25, 0.3) is 0 Å². The van der Waals surface area contributed by atoms with Gasteiger partial charge in [-0.15, -0.1) is 0 Å². The Hall–Kier alpha value is -0.120. The number of ether oxygens (including phenoxy) is 1. The van der Waals surface area contributed by atoms with Crippen molar-refractivity contribution in [1.29, 1.82) is 0 Å². The van der Waals surface area contributed by atoms with Gasteiger partial charge < -0.3 is 9.64 Å². The standard InChI is InChI=1S/C16H34N2O/c1-15(2)7-5-6-8-17-9-11-18(12-10-17)13-14-19-16(3)4/h15-16H,5-14H2,1-4H3. The highest BCUT2D eigenvalue weighted by Gasteiger charge is 2.15. The molecule has 1 aliphatic heterocycles. The summed E-state index contributed by atoms with van der Waals surface area (Å²) in [6.45, 7) is 17.0. The highest BCUT2D eigenvalue weighted by molar-refractivity contribution is 4.71. The van der Waals surface area contributed by atoms with Crippen molar-refractivity contribution in [1.82, 2.24) is 9.80 Å². The molecule has 0 atom stereocenters. The van der Waals surface area contributed by atoms with Crippen molar-refractivity contribution < 1.29 is 4.74 Å². The number of hydrogen-bond acceptors (Lipinski definition) is 3. The fraction of sp³-hybridized carbons (Fsp3) is 1.00. The van der Waals surface area contributed by atoms with E-state index in [1.807, 2.05) is 0 Å². The molecular formula is C16H34N2O. The Labute approximate surface area is 120 Å². The molecule has 0 aliphatic carbocycles. The molecule has 0 spiro atoms. The summed E-state index contributed by atoms with van der Waals surface area (Å²) in [6, 6.07) is 0. The first kappa shape index (κ1) is 16.9. The maximum atomic E-state index is 5.62. The van der Waals surface area contributed by atoms with E-state index in [1.165, 1.54) is 52.0 Å². The van der Waals surface area contributed by atoms with Crippen molar-refractivity contribution in [2.75, 3.05) is 45.9 Å². The minimum Gasteiger partial charge on any atom is -0.377 e. The largest absolute Gasteiger partial charge is 0.377 e. The summed E-state index contributed by atoms with van der Waals surface area (Å²) in [5.41, 5.74) is 0. The lowest BCUT2D eigenvalue weighted by Crippen LogP contribution is -2.47. The Balaban J connectivity index is 1.99. The summed E-state index contributed by atoms with van der Waals surface area (Å²) < 4.78 is 5.62. The Morgan fingerprint density at radius 2 is 1.42 bits per heavy atom. The normalized spacial score (nSPS) is 18.6. The van der Waals surface area contributed by atoms with Crippen LogP contribution in [0.3, 0.4) is 0 Å². The van der Waals surface area contributed by atoms with Crippen LogP contribution in [0.5, 0.6) is 0 Å². The maximum absolute atomic E-state index is 5.62. The van der Waals surface area contributed by atoms with E-state index in [0.29, 0.717) is 6.10 Å². The number of hydrogen-bond donors (Lipinski definition) is 0. The van der Waals surface area contributed by atoms with Crippen molar-refractivity contribution in [3.05, 3.63) is 0 Å². The van der Waals surface area contributed by atoms with Crippen LogP contribution in [-0.4, -0.2) is 61.8 Å². The van der Waals surface area contributed by atoms with Gasteiger partial charge >= 0.3 is 0 Å². The van der Waals surface area contributed by atoms with E-state index in [0.717, 1.165) is 19.1 Å². The van der Waals surface area contributed by atoms with Crippen LogP contribution in [0.15, 0.2) is 0 Å². The first-order valence-electron chi connectivity index (χ1n) is 8.14. The molecule has 1 aliphatic rings. The summed E-state index contributed by atoms with van der Waals surface area (Å²) in [7, 11) is 0. The van der Waals surface area contributed by atoms with Gasteiger partial charge in [-0.05, 0) is 32.7 Å². The number of rotatable bonds is 9. The molecule has 0 amide bonds. The summed E-state index contributed by atoms with van der Waals surface area (Å²) in [5.74, 6) is 0.859. The zero-order chi connectivity index (χ0) is 14.1. The van der Waals surface area contributed by atoms with Crippen molar-refractivity contribution in [2.24, 2.45) is 5.92 Å². The molecule has 0 unspecified atom stereocenters. The molecule has 1 heterocycles. The number of unbranched alkanes of at least 4 members (excludes halogenated alkanes) is 1. The monoisotopic (exact) mass is 270 g/mol.